The van der Waals surface area contributed by atoms with E-state index in [1.165, 1.54) is 16.4 Å². The van der Waals surface area contributed by atoms with Gasteiger partial charge in [0, 0.05) is 0 Å². The molecule has 0 aromatic carbocycles. The second-order valence-electron chi connectivity index (χ2n) is 2.80. The van der Waals surface area contributed by atoms with Gasteiger partial charge in [-0.1, -0.05) is 16.9 Å². The number of tetrazole rings is 1. The molecule has 0 aliphatic carbocycles. The van der Waals surface area contributed by atoms with Crippen molar-refractivity contribution >= 4 is 17.6 Å². The molecule has 0 saturated heterocycles. The molecule has 16 heavy (non-hydrogen) atoms. The molecule has 0 bridgehead atoms. The molecule has 10 heteroatoms. The molecular weight excluding hydrogens is 232 g/mol. The van der Waals surface area contributed by atoms with Gasteiger partial charge in [0.2, 0.25) is 5.16 Å². The lowest BCUT2D eigenvalue weighted by Crippen LogP contribution is -2.16. The van der Waals surface area contributed by atoms with Gasteiger partial charge in [0.15, 0.2) is 5.69 Å². The van der Waals surface area contributed by atoms with Crippen LogP contribution in [0.3, 0.4) is 0 Å². The summed E-state index contributed by atoms with van der Waals surface area (Å²) in [7, 11) is 0. The van der Waals surface area contributed by atoms with E-state index in [4.69, 9.17) is 11.1 Å². The van der Waals surface area contributed by atoms with Crippen LogP contribution in [0.2, 0.25) is 0 Å². The molecule has 2 heterocycles. The first-order valence-electron chi connectivity index (χ1n) is 4.18. The summed E-state index contributed by atoms with van der Waals surface area (Å²) in [5.74, 6) is -0.199. The summed E-state index contributed by atoms with van der Waals surface area (Å²) in [4.78, 5) is 0. The van der Waals surface area contributed by atoms with Gasteiger partial charge in [-0.2, -0.15) is 0 Å². The summed E-state index contributed by atoms with van der Waals surface area (Å²) in [5, 5.41) is 26.2. The zero-order valence-electron chi connectivity index (χ0n) is 8.28. The predicted molar refractivity (Wildman–Crippen MR) is 54.0 cm³/mol. The molecule has 0 aliphatic heterocycles. The van der Waals surface area contributed by atoms with E-state index in [1.54, 1.807) is 0 Å². The topological polar surface area (TPSA) is 132 Å². The Bertz CT molecular complexity index is 504. The molecule has 2 aromatic rings. The van der Waals surface area contributed by atoms with Gasteiger partial charge in [0.05, 0.1) is 6.54 Å². The largest absolute Gasteiger partial charge is 0.382 e. The molecule has 9 nitrogen and oxygen atoms in total. The Kier molecular flexibility index (Phi) is 2.81. The molecule has 0 aliphatic rings. The van der Waals surface area contributed by atoms with E-state index in [9.17, 15) is 0 Å². The van der Waals surface area contributed by atoms with Crippen LogP contribution >= 0.6 is 11.8 Å². The smallest absolute Gasteiger partial charge is 0.209 e. The highest BCUT2D eigenvalue weighted by atomic mass is 32.2. The normalized spacial score (nSPS) is 10.6. The van der Waals surface area contributed by atoms with Crippen LogP contribution in [0, 0.1) is 5.41 Å². The zero-order chi connectivity index (χ0) is 11.5. The number of rotatable bonds is 4. The molecule has 0 radical (unpaired) electrons. The van der Waals surface area contributed by atoms with E-state index in [1.807, 2.05) is 6.26 Å². The van der Waals surface area contributed by atoms with E-state index in [0.29, 0.717) is 10.9 Å². The first-order valence-corrected chi connectivity index (χ1v) is 5.41. The second kappa shape index (κ2) is 4.26. The summed E-state index contributed by atoms with van der Waals surface area (Å²) >= 11 is 1.40. The van der Waals surface area contributed by atoms with Crippen molar-refractivity contribution in [3.8, 4) is 0 Å². The number of aromatic nitrogens is 6. The fraction of sp³-hybridized carbons (Fsp3) is 0.333. The first-order chi connectivity index (χ1) is 7.72. The second-order valence-corrected chi connectivity index (χ2v) is 3.57. The van der Waals surface area contributed by atoms with Crippen LogP contribution in [0.5, 0.6) is 0 Å². The fourth-order valence-electron chi connectivity index (χ4n) is 1.10. The highest BCUT2D eigenvalue weighted by Gasteiger charge is 2.15. The molecule has 0 spiro atoms. The van der Waals surface area contributed by atoms with Gasteiger partial charge >= 0.3 is 0 Å². The number of thioether (sulfide) groups is 1. The van der Waals surface area contributed by atoms with Crippen molar-refractivity contribution in [2.75, 3.05) is 6.26 Å². The number of nitrogen functional groups attached to an aromatic ring is 1. The number of nitrogens with two attached hydrogens (primary N) is 1. The fourth-order valence-corrected chi connectivity index (χ4v) is 1.53. The highest BCUT2D eigenvalue weighted by Crippen LogP contribution is 2.11. The molecule has 0 fully saturated rings. The number of amidine groups is 1. The van der Waals surface area contributed by atoms with Crippen molar-refractivity contribution in [1.82, 2.24) is 30.5 Å². The van der Waals surface area contributed by atoms with Crippen LogP contribution in [0.1, 0.15) is 11.4 Å². The molecule has 2 aromatic heterocycles. The molecule has 0 amide bonds. The molecule has 0 saturated carbocycles. The standard InChI is InChI=1S/C6H8N8OS/c1-16-6-9-12-13-14(6)2-3-4(5(7)8)11-15-10-3/h2H2,1H3,(H3,7,8). The van der Waals surface area contributed by atoms with Gasteiger partial charge in [0.25, 0.3) is 0 Å². The van der Waals surface area contributed by atoms with Crippen LogP contribution < -0.4 is 5.73 Å². The maximum atomic E-state index is 7.27. The third kappa shape index (κ3) is 1.86. The number of nitrogens with one attached hydrogen (secondary N) is 1. The lowest BCUT2D eigenvalue weighted by atomic mass is 10.3. The van der Waals surface area contributed by atoms with Crippen LogP contribution in [-0.2, 0) is 6.54 Å². The summed E-state index contributed by atoms with van der Waals surface area (Å²) in [6, 6.07) is 0. The molecule has 2 rings (SSSR count). The van der Waals surface area contributed by atoms with Crippen LogP contribution in [-0.4, -0.2) is 42.6 Å². The third-order valence-electron chi connectivity index (χ3n) is 1.79. The van der Waals surface area contributed by atoms with Gasteiger partial charge in [-0.3, -0.25) is 5.41 Å². The SMILES string of the molecule is CSc1nnnn1Cc1nonc1C(=N)N. The number of hydrogen-bond acceptors (Lipinski definition) is 8. The van der Waals surface area contributed by atoms with E-state index in [0.717, 1.165) is 0 Å². The quantitative estimate of drug-likeness (QED) is 0.399. The highest BCUT2D eigenvalue weighted by molar-refractivity contribution is 7.98. The molecule has 84 valence electrons. The van der Waals surface area contributed by atoms with E-state index in [-0.39, 0.29) is 18.1 Å². The van der Waals surface area contributed by atoms with Crippen molar-refractivity contribution in [3.63, 3.8) is 0 Å². The predicted octanol–water partition coefficient (Wildman–Crippen LogP) is -0.890. The Hall–Kier alpha value is -1.97. The summed E-state index contributed by atoms with van der Waals surface area (Å²) < 4.78 is 6.04. The van der Waals surface area contributed by atoms with Crippen LogP contribution in [0.4, 0.5) is 0 Å². The zero-order valence-corrected chi connectivity index (χ0v) is 9.10. The summed E-state index contributed by atoms with van der Waals surface area (Å²) in [6.45, 7) is 0.265. The Morgan fingerprint density at radius 3 is 3.06 bits per heavy atom. The minimum atomic E-state index is -0.199. The third-order valence-corrected chi connectivity index (χ3v) is 2.45. The summed E-state index contributed by atoms with van der Waals surface area (Å²) in [5.41, 5.74) is 5.95. The minimum absolute atomic E-state index is 0.199. The van der Waals surface area contributed by atoms with Gasteiger partial charge < -0.3 is 5.73 Å². The minimum Gasteiger partial charge on any atom is -0.382 e. The summed E-state index contributed by atoms with van der Waals surface area (Å²) in [6.07, 6.45) is 1.86. The van der Waals surface area contributed by atoms with E-state index in [2.05, 4.69) is 30.5 Å². The molecular formula is C6H8N8OS. The molecule has 3 N–H and O–H groups in total. The van der Waals surface area contributed by atoms with Gasteiger partial charge in [0.1, 0.15) is 11.5 Å². The Morgan fingerprint density at radius 2 is 2.38 bits per heavy atom. The van der Waals surface area contributed by atoms with Crippen molar-refractivity contribution in [1.29, 1.82) is 5.41 Å². The maximum Gasteiger partial charge on any atom is 0.209 e. The van der Waals surface area contributed by atoms with E-state index < -0.39 is 0 Å². The van der Waals surface area contributed by atoms with E-state index >= 15 is 0 Å². The maximum absolute atomic E-state index is 7.27. The Labute approximate surface area is 93.9 Å². The Morgan fingerprint density at radius 1 is 1.56 bits per heavy atom. The lowest BCUT2D eigenvalue weighted by Gasteiger charge is -1.99. The monoisotopic (exact) mass is 240 g/mol. The molecule has 0 unspecified atom stereocenters. The lowest BCUT2D eigenvalue weighted by molar-refractivity contribution is 0.301. The van der Waals surface area contributed by atoms with Gasteiger partial charge in [-0.15, -0.1) is 5.10 Å². The van der Waals surface area contributed by atoms with Crippen LogP contribution in [0.25, 0.3) is 0 Å². The van der Waals surface area contributed by atoms with Crippen LogP contribution in [0.15, 0.2) is 9.79 Å². The Balaban J connectivity index is 2.27. The van der Waals surface area contributed by atoms with Crippen molar-refractivity contribution < 1.29 is 4.63 Å². The first kappa shape index (κ1) is 10.5. The average Bonchev–Trinajstić information content (AvgIpc) is 2.86. The van der Waals surface area contributed by atoms with Crippen molar-refractivity contribution in [3.05, 3.63) is 11.4 Å². The van der Waals surface area contributed by atoms with Gasteiger partial charge in [-0.05, 0) is 21.8 Å². The van der Waals surface area contributed by atoms with Crippen molar-refractivity contribution in [2.45, 2.75) is 11.7 Å². The number of nitrogens with zero attached hydrogens (tertiary/aromatic N) is 6. The number of hydrogen-bond donors (Lipinski definition) is 2. The van der Waals surface area contributed by atoms with Gasteiger partial charge in [-0.25, -0.2) is 9.31 Å². The van der Waals surface area contributed by atoms with Crippen molar-refractivity contribution in [2.24, 2.45) is 5.73 Å². The average molecular weight is 240 g/mol. The molecule has 0 atom stereocenters.